The summed E-state index contributed by atoms with van der Waals surface area (Å²) in [5.74, 6) is 1.65. The zero-order valence-electron chi connectivity index (χ0n) is 7.86. The van der Waals surface area contributed by atoms with Gasteiger partial charge in [0.05, 0.1) is 0 Å². The minimum absolute atomic E-state index is 0.323. The molecule has 1 aliphatic heterocycles. The second-order valence-electron chi connectivity index (χ2n) is 3.55. The first-order valence-corrected chi connectivity index (χ1v) is 4.78. The van der Waals surface area contributed by atoms with Crippen molar-refractivity contribution in [2.75, 3.05) is 13.1 Å². The first kappa shape index (κ1) is 8.57. The van der Waals surface area contributed by atoms with E-state index in [1.165, 1.54) is 0 Å². The predicted molar refractivity (Wildman–Crippen MR) is 52.9 cm³/mol. The highest BCUT2D eigenvalue weighted by Gasteiger charge is 2.24. The Morgan fingerprint density at radius 2 is 2.00 bits per heavy atom. The SMILES string of the molecule is CC(Oc1ccccc1)C1CNC1. The van der Waals surface area contributed by atoms with Crippen molar-refractivity contribution in [2.24, 2.45) is 5.92 Å². The molecule has 2 rings (SSSR count). The molecule has 1 aromatic carbocycles. The summed E-state index contributed by atoms with van der Waals surface area (Å²) in [6.45, 7) is 4.32. The summed E-state index contributed by atoms with van der Waals surface area (Å²) >= 11 is 0. The average Bonchev–Trinajstić information content (AvgIpc) is 2.02. The zero-order valence-corrected chi connectivity index (χ0v) is 7.86. The van der Waals surface area contributed by atoms with Crippen LogP contribution in [-0.4, -0.2) is 19.2 Å². The number of hydrogen-bond donors (Lipinski definition) is 1. The molecule has 0 bridgehead atoms. The van der Waals surface area contributed by atoms with Gasteiger partial charge in [-0.15, -0.1) is 0 Å². The molecule has 0 radical (unpaired) electrons. The molecule has 1 heterocycles. The van der Waals surface area contributed by atoms with Crippen LogP contribution in [0.2, 0.25) is 0 Å². The molecule has 13 heavy (non-hydrogen) atoms. The molecule has 1 unspecified atom stereocenters. The maximum absolute atomic E-state index is 5.78. The fourth-order valence-electron chi connectivity index (χ4n) is 1.45. The van der Waals surface area contributed by atoms with Crippen molar-refractivity contribution in [1.29, 1.82) is 0 Å². The Morgan fingerprint density at radius 1 is 1.31 bits per heavy atom. The third-order valence-corrected chi connectivity index (χ3v) is 2.54. The van der Waals surface area contributed by atoms with Crippen LogP contribution in [0.3, 0.4) is 0 Å². The average molecular weight is 177 g/mol. The van der Waals surface area contributed by atoms with Crippen molar-refractivity contribution in [3.8, 4) is 5.75 Å². The second kappa shape index (κ2) is 3.79. The van der Waals surface area contributed by atoms with E-state index in [0.29, 0.717) is 12.0 Å². The number of rotatable bonds is 3. The predicted octanol–water partition coefficient (Wildman–Crippen LogP) is 1.67. The van der Waals surface area contributed by atoms with Gasteiger partial charge in [0.1, 0.15) is 11.9 Å². The van der Waals surface area contributed by atoms with Gasteiger partial charge < -0.3 is 10.1 Å². The normalized spacial score (nSPS) is 19.2. The Hall–Kier alpha value is -1.02. The lowest BCUT2D eigenvalue weighted by atomic mass is 9.98. The van der Waals surface area contributed by atoms with Crippen LogP contribution >= 0.6 is 0 Å². The highest BCUT2D eigenvalue weighted by Crippen LogP contribution is 2.17. The van der Waals surface area contributed by atoms with E-state index in [9.17, 15) is 0 Å². The fraction of sp³-hybridized carbons (Fsp3) is 0.455. The third kappa shape index (κ3) is 2.01. The highest BCUT2D eigenvalue weighted by atomic mass is 16.5. The summed E-state index contributed by atoms with van der Waals surface area (Å²) < 4.78 is 5.78. The van der Waals surface area contributed by atoms with Gasteiger partial charge in [0, 0.05) is 19.0 Å². The molecular weight excluding hydrogens is 162 g/mol. The minimum atomic E-state index is 0.323. The van der Waals surface area contributed by atoms with Crippen molar-refractivity contribution in [3.05, 3.63) is 30.3 Å². The topological polar surface area (TPSA) is 21.3 Å². The Kier molecular flexibility index (Phi) is 2.50. The molecule has 1 aromatic rings. The van der Waals surface area contributed by atoms with E-state index in [1.807, 2.05) is 30.3 Å². The molecule has 0 saturated carbocycles. The van der Waals surface area contributed by atoms with E-state index in [-0.39, 0.29) is 0 Å². The second-order valence-corrected chi connectivity index (χ2v) is 3.55. The van der Waals surface area contributed by atoms with E-state index in [4.69, 9.17) is 4.74 Å². The fourth-order valence-corrected chi connectivity index (χ4v) is 1.45. The number of para-hydroxylation sites is 1. The standard InChI is InChI=1S/C11H15NO/c1-9(10-7-12-8-10)13-11-5-3-2-4-6-11/h2-6,9-10,12H,7-8H2,1H3. The van der Waals surface area contributed by atoms with Crippen LogP contribution in [0.15, 0.2) is 30.3 Å². The van der Waals surface area contributed by atoms with E-state index in [2.05, 4.69) is 12.2 Å². The summed E-state index contributed by atoms with van der Waals surface area (Å²) in [5, 5.41) is 3.25. The molecule has 1 aliphatic rings. The maximum atomic E-state index is 5.78. The lowest BCUT2D eigenvalue weighted by molar-refractivity contribution is 0.115. The van der Waals surface area contributed by atoms with Gasteiger partial charge in [0.25, 0.3) is 0 Å². The third-order valence-electron chi connectivity index (χ3n) is 2.54. The van der Waals surface area contributed by atoms with Gasteiger partial charge in [0.15, 0.2) is 0 Å². The van der Waals surface area contributed by atoms with E-state index in [1.54, 1.807) is 0 Å². The summed E-state index contributed by atoms with van der Waals surface area (Å²) in [5.41, 5.74) is 0. The maximum Gasteiger partial charge on any atom is 0.119 e. The molecule has 1 fully saturated rings. The van der Waals surface area contributed by atoms with Crippen molar-refractivity contribution in [2.45, 2.75) is 13.0 Å². The van der Waals surface area contributed by atoms with E-state index < -0.39 is 0 Å². The summed E-state index contributed by atoms with van der Waals surface area (Å²) in [6, 6.07) is 10.0. The molecular formula is C11H15NO. The first-order chi connectivity index (χ1) is 6.36. The quantitative estimate of drug-likeness (QED) is 0.758. The summed E-state index contributed by atoms with van der Waals surface area (Å²) in [6.07, 6.45) is 0.323. The molecule has 1 saturated heterocycles. The van der Waals surface area contributed by atoms with Gasteiger partial charge in [-0.05, 0) is 19.1 Å². The largest absolute Gasteiger partial charge is 0.490 e. The van der Waals surface area contributed by atoms with Crippen LogP contribution in [0.1, 0.15) is 6.92 Å². The molecule has 1 atom stereocenters. The first-order valence-electron chi connectivity index (χ1n) is 4.78. The Balaban J connectivity index is 1.90. The van der Waals surface area contributed by atoms with Crippen LogP contribution in [0.5, 0.6) is 5.75 Å². The van der Waals surface area contributed by atoms with Crippen molar-refractivity contribution in [1.82, 2.24) is 5.32 Å². The van der Waals surface area contributed by atoms with Gasteiger partial charge in [0.2, 0.25) is 0 Å². The van der Waals surface area contributed by atoms with Gasteiger partial charge in [-0.1, -0.05) is 18.2 Å². The molecule has 0 aliphatic carbocycles. The van der Waals surface area contributed by atoms with Crippen molar-refractivity contribution in [3.63, 3.8) is 0 Å². The number of hydrogen-bond acceptors (Lipinski definition) is 2. The molecule has 0 amide bonds. The molecule has 2 heteroatoms. The van der Waals surface area contributed by atoms with Crippen LogP contribution in [-0.2, 0) is 0 Å². The van der Waals surface area contributed by atoms with Gasteiger partial charge in [-0.25, -0.2) is 0 Å². The van der Waals surface area contributed by atoms with Gasteiger partial charge in [-0.3, -0.25) is 0 Å². The van der Waals surface area contributed by atoms with Crippen LogP contribution in [0.4, 0.5) is 0 Å². The smallest absolute Gasteiger partial charge is 0.119 e. The zero-order chi connectivity index (χ0) is 9.10. The molecule has 0 aromatic heterocycles. The minimum Gasteiger partial charge on any atom is -0.490 e. The molecule has 2 nitrogen and oxygen atoms in total. The Labute approximate surface area is 78.9 Å². The van der Waals surface area contributed by atoms with Crippen LogP contribution in [0.25, 0.3) is 0 Å². The van der Waals surface area contributed by atoms with E-state index in [0.717, 1.165) is 18.8 Å². The number of nitrogens with one attached hydrogen (secondary N) is 1. The monoisotopic (exact) mass is 177 g/mol. The number of benzene rings is 1. The van der Waals surface area contributed by atoms with Gasteiger partial charge in [-0.2, -0.15) is 0 Å². The summed E-state index contributed by atoms with van der Waals surface area (Å²) in [4.78, 5) is 0. The highest BCUT2D eigenvalue weighted by molar-refractivity contribution is 5.21. The lowest BCUT2D eigenvalue weighted by Gasteiger charge is -2.32. The van der Waals surface area contributed by atoms with Crippen LogP contribution in [0, 0.1) is 5.92 Å². The number of ether oxygens (including phenoxy) is 1. The molecule has 70 valence electrons. The lowest BCUT2D eigenvalue weighted by Crippen LogP contribution is -2.49. The van der Waals surface area contributed by atoms with E-state index >= 15 is 0 Å². The van der Waals surface area contributed by atoms with Crippen LogP contribution < -0.4 is 10.1 Å². The summed E-state index contributed by atoms with van der Waals surface area (Å²) in [7, 11) is 0. The van der Waals surface area contributed by atoms with Crippen molar-refractivity contribution < 1.29 is 4.74 Å². The molecule has 0 spiro atoms. The molecule has 1 N–H and O–H groups in total. The van der Waals surface area contributed by atoms with Crippen molar-refractivity contribution >= 4 is 0 Å². The van der Waals surface area contributed by atoms with Gasteiger partial charge >= 0.3 is 0 Å². The Morgan fingerprint density at radius 3 is 2.54 bits per heavy atom. The Bertz CT molecular complexity index is 256.